The van der Waals surface area contributed by atoms with Crippen LogP contribution in [0.3, 0.4) is 0 Å². The maximum absolute atomic E-state index is 2.42. The number of allylic oxidation sites excluding steroid dienone is 8. The van der Waals surface area contributed by atoms with Gasteiger partial charge in [0.1, 0.15) is 0 Å². The molecule has 1 unspecified atom stereocenters. The number of hydrogen-bond acceptors (Lipinski definition) is 0. The summed E-state index contributed by atoms with van der Waals surface area (Å²) in [4.78, 5) is 0. The molecule has 0 saturated heterocycles. The van der Waals surface area contributed by atoms with Crippen molar-refractivity contribution in [1.82, 2.24) is 0 Å². The minimum absolute atomic E-state index is 0. The summed E-state index contributed by atoms with van der Waals surface area (Å²) in [6, 6.07) is 0. The molecule has 0 fully saturated rings. The van der Waals surface area contributed by atoms with Crippen molar-refractivity contribution in [2.45, 2.75) is 34.1 Å². The SMILES string of the molecule is CC1=CC(C)[C]([Ti+2][C]2=C(C)C=C(C)C2)=C1.[Cl-].[Cl-]. The van der Waals surface area contributed by atoms with Gasteiger partial charge in [0, 0.05) is 0 Å². The number of hydrogen-bond donors (Lipinski definition) is 0. The zero-order valence-electron chi connectivity index (χ0n) is 10.8. The maximum Gasteiger partial charge on any atom is -1.00 e. The first kappa shape index (κ1) is 17.3. The van der Waals surface area contributed by atoms with Gasteiger partial charge >= 0.3 is 102 Å². The molecule has 0 radical (unpaired) electrons. The van der Waals surface area contributed by atoms with Crippen molar-refractivity contribution < 1.29 is 44.0 Å². The van der Waals surface area contributed by atoms with Gasteiger partial charge in [-0.15, -0.1) is 0 Å². The molecule has 0 saturated carbocycles. The molecule has 0 spiro atoms. The molecule has 92 valence electrons. The molecule has 0 aromatic heterocycles. The first-order chi connectivity index (χ1) is 7.06. The third-order valence-electron chi connectivity index (χ3n) is 3.08. The Morgan fingerprint density at radius 3 is 2.18 bits per heavy atom. The molecule has 1 atom stereocenters. The Labute approximate surface area is 126 Å². The van der Waals surface area contributed by atoms with Crippen LogP contribution in [0.25, 0.3) is 0 Å². The van der Waals surface area contributed by atoms with Crippen LogP contribution in [-0.2, 0) is 19.2 Å². The average Bonchev–Trinajstić information content (AvgIpc) is 2.58. The molecule has 0 aromatic carbocycles. The number of halogens is 2. The summed E-state index contributed by atoms with van der Waals surface area (Å²) in [5.74, 6) is 0.700. The van der Waals surface area contributed by atoms with E-state index in [0.29, 0.717) is 5.92 Å². The quantitative estimate of drug-likeness (QED) is 0.527. The zero-order valence-corrected chi connectivity index (χ0v) is 13.8. The van der Waals surface area contributed by atoms with Crippen LogP contribution in [0.2, 0.25) is 0 Å². The van der Waals surface area contributed by atoms with E-state index in [1.54, 1.807) is 18.9 Å². The van der Waals surface area contributed by atoms with Crippen LogP contribution < -0.4 is 24.8 Å². The minimum atomic E-state index is -0.0244. The Kier molecular flexibility index (Phi) is 7.10. The largest absolute Gasteiger partial charge is 1.00 e. The fraction of sp³-hybridized carbons (Fsp3) is 0.429. The molecule has 0 nitrogen and oxygen atoms in total. The van der Waals surface area contributed by atoms with Crippen LogP contribution in [0.4, 0.5) is 0 Å². The van der Waals surface area contributed by atoms with Gasteiger partial charge in [-0.25, -0.2) is 0 Å². The van der Waals surface area contributed by atoms with Gasteiger partial charge < -0.3 is 24.8 Å². The van der Waals surface area contributed by atoms with Crippen LogP contribution in [-0.4, -0.2) is 0 Å². The maximum atomic E-state index is 2.42. The molecule has 2 aliphatic rings. The predicted molar refractivity (Wildman–Crippen MR) is 62.1 cm³/mol. The molecular weight excluding hydrogens is 287 g/mol. The summed E-state index contributed by atoms with van der Waals surface area (Å²) in [5, 5.41) is 0. The van der Waals surface area contributed by atoms with E-state index in [1.807, 2.05) is 0 Å². The summed E-state index contributed by atoms with van der Waals surface area (Å²) in [6.07, 6.45) is 8.41. The van der Waals surface area contributed by atoms with Crippen molar-refractivity contribution in [3.05, 3.63) is 42.7 Å². The van der Waals surface area contributed by atoms with E-state index >= 15 is 0 Å². The minimum Gasteiger partial charge on any atom is -1.00 e. The summed E-state index contributed by atoms with van der Waals surface area (Å²) in [7, 11) is 0. The Morgan fingerprint density at radius 2 is 1.76 bits per heavy atom. The predicted octanol–water partition coefficient (Wildman–Crippen LogP) is -1.82. The molecule has 17 heavy (non-hydrogen) atoms. The molecule has 0 heterocycles. The second kappa shape index (κ2) is 6.99. The standard InChI is InChI=1S/2C7H9.2ClH.Ti/c2*1-6-3-4-7(2)5-6;;;/h5H,3H2,1-2H3;3,5,7H,1-2H3;2*1H;/q;;;;+2/p-2. The molecule has 0 aliphatic heterocycles. The smallest absolute Gasteiger partial charge is 1.00 e. The van der Waals surface area contributed by atoms with Crippen molar-refractivity contribution in [3.8, 4) is 0 Å². The first-order valence-electron chi connectivity index (χ1n) is 5.60. The van der Waals surface area contributed by atoms with Crippen molar-refractivity contribution >= 4 is 0 Å². The molecule has 2 aliphatic carbocycles. The monoisotopic (exact) mass is 304 g/mol. The van der Waals surface area contributed by atoms with E-state index in [1.165, 1.54) is 12.0 Å². The third kappa shape index (κ3) is 4.14. The van der Waals surface area contributed by atoms with Crippen molar-refractivity contribution in [2.24, 2.45) is 5.92 Å². The fourth-order valence-corrected chi connectivity index (χ4v) is 4.79. The summed E-state index contributed by atoms with van der Waals surface area (Å²) in [6.45, 7) is 9.07. The van der Waals surface area contributed by atoms with Crippen molar-refractivity contribution in [2.75, 3.05) is 0 Å². The van der Waals surface area contributed by atoms with E-state index in [2.05, 4.69) is 45.9 Å². The van der Waals surface area contributed by atoms with Gasteiger partial charge in [0.2, 0.25) is 0 Å². The van der Waals surface area contributed by atoms with E-state index in [0.717, 1.165) is 0 Å². The Hall–Kier alpha value is 0.254. The molecular formula is C14H18Cl2Ti. The summed E-state index contributed by atoms with van der Waals surface area (Å²) in [5.41, 5.74) is 4.55. The van der Waals surface area contributed by atoms with Crippen molar-refractivity contribution in [1.29, 1.82) is 0 Å². The van der Waals surface area contributed by atoms with Gasteiger partial charge in [-0.2, -0.15) is 0 Å². The van der Waals surface area contributed by atoms with Gasteiger partial charge in [0.25, 0.3) is 0 Å². The molecule has 0 amide bonds. The van der Waals surface area contributed by atoms with Crippen LogP contribution in [0.1, 0.15) is 34.1 Å². The van der Waals surface area contributed by atoms with E-state index in [4.69, 9.17) is 0 Å². The molecule has 3 heteroatoms. The second-order valence-electron chi connectivity index (χ2n) is 4.75. The molecule has 0 N–H and O–H groups in total. The van der Waals surface area contributed by atoms with E-state index in [-0.39, 0.29) is 44.0 Å². The topological polar surface area (TPSA) is 0 Å². The van der Waals surface area contributed by atoms with Gasteiger partial charge in [0.15, 0.2) is 0 Å². The molecule has 0 aromatic rings. The van der Waals surface area contributed by atoms with Gasteiger partial charge in [0.05, 0.1) is 0 Å². The van der Waals surface area contributed by atoms with E-state index in [9.17, 15) is 0 Å². The van der Waals surface area contributed by atoms with Crippen LogP contribution in [0.15, 0.2) is 42.7 Å². The Morgan fingerprint density at radius 1 is 1.12 bits per heavy atom. The van der Waals surface area contributed by atoms with Gasteiger partial charge in [-0.3, -0.25) is 0 Å². The molecule has 2 rings (SSSR count). The van der Waals surface area contributed by atoms with Crippen LogP contribution >= 0.6 is 0 Å². The van der Waals surface area contributed by atoms with Gasteiger partial charge in [-0.1, -0.05) is 0 Å². The molecule has 0 bridgehead atoms. The average molecular weight is 305 g/mol. The number of rotatable bonds is 2. The first-order valence-corrected chi connectivity index (χ1v) is 7.16. The van der Waals surface area contributed by atoms with Crippen LogP contribution in [0, 0.1) is 5.92 Å². The Balaban J connectivity index is 0.00000128. The van der Waals surface area contributed by atoms with Gasteiger partial charge in [-0.05, 0) is 0 Å². The third-order valence-corrected chi connectivity index (χ3v) is 5.83. The van der Waals surface area contributed by atoms with Crippen LogP contribution in [0.5, 0.6) is 0 Å². The van der Waals surface area contributed by atoms with Crippen molar-refractivity contribution in [3.63, 3.8) is 0 Å². The second-order valence-corrected chi connectivity index (χ2v) is 6.99. The fourth-order valence-electron chi connectivity index (χ4n) is 2.30. The summed E-state index contributed by atoms with van der Waals surface area (Å²) < 4.78 is 3.46. The van der Waals surface area contributed by atoms with E-state index < -0.39 is 0 Å². The normalized spacial score (nSPS) is 22.1. The Bertz CT molecular complexity index is 414. The zero-order chi connectivity index (χ0) is 11.0. The summed E-state index contributed by atoms with van der Waals surface area (Å²) >= 11 is -0.0244.